The second-order valence-corrected chi connectivity index (χ2v) is 4.47. The average molecular weight is 295 g/mol. The monoisotopic (exact) mass is 294 g/mol. The Labute approximate surface area is 120 Å². The summed E-state index contributed by atoms with van der Waals surface area (Å²) in [6.07, 6.45) is 0. The van der Waals surface area contributed by atoms with Gasteiger partial charge in [0.25, 0.3) is 0 Å². The third kappa shape index (κ3) is 3.27. The maximum atomic E-state index is 13.6. The number of hydrogen-bond donors (Lipinski definition) is 0. The Morgan fingerprint density at radius 1 is 1.25 bits per heavy atom. The van der Waals surface area contributed by atoms with Crippen LogP contribution in [0.5, 0.6) is 5.75 Å². The van der Waals surface area contributed by atoms with Gasteiger partial charge < -0.3 is 9.47 Å². The topological polar surface area (TPSA) is 35.5 Å². The number of carbonyl (C=O) groups excluding carboxylic acids is 1. The largest absolute Gasteiger partial charge is 0.493 e. The van der Waals surface area contributed by atoms with Crippen LogP contribution in [-0.2, 0) is 11.3 Å². The van der Waals surface area contributed by atoms with Gasteiger partial charge in [0.05, 0.1) is 7.11 Å². The van der Waals surface area contributed by atoms with Gasteiger partial charge in [0.2, 0.25) is 0 Å². The van der Waals surface area contributed by atoms with Gasteiger partial charge in [-0.15, -0.1) is 0 Å². The van der Waals surface area contributed by atoms with E-state index in [0.717, 1.165) is 11.6 Å². The number of benzene rings is 2. The summed E-state index contributed by atoms with van der Waals surface area (Å²) in [4.78, 5) is 12.0. The maximum absolute atomic E-state index is 13.6. The predicted octanol–water partition coefficient (Wildman–Crippen LogP) is 3.84. The molecule has 0 atom stereocenters. The predicted molar refractivity (Wildman–Crippen MR) is 73.5 cm³/mol. The molecule has 0 N–H and O–H groups in total. The third-order valence-electron chi connectivity index (χ3n) is 2.65. The minimum Gasteiger partial charge on any atom is -0.493 e. The van der Waals surface area contributed by atoms with Crippen molar-refractivity contribution in [3.8, 4) is 5.75 Å². The molecule has 0 aromatic heterocycles. The standard InChI is InChI=1S/C15H12ClFO3/c1-19-14-12(7-11(16)8-13(14)17)15(18)20-9-10-5-3-2-4-6-10/h2-8H,9H2,1H3. The molecule has 0 aliphatic heterocycles. The molecule has 104 valence electrons. The molecule has 0 bridgehead atoms. The number of esters is 1. The zero-order valence-electron chi connectivity index (χ0n) is 10.7. The summed E-state index contributed by atoms with van der Waals surface area (Å²) in [6, 6.07) is 11.6. The second kappa shape index (κ2) is 6.39. The van der Waals surface area contributed by atoms with E-state index in [1.54, 1.807) is 0 Å². The van der Waals surface area contributed by atoms with Crippen molar-refractivity contribution in [2.75, 3.05) is 7.11 Å². The number of ether oxygens (including phenoxy) is 2. The van der Waals surface area contributed by atoms with E-state index in [4.69, 9.17) is 21.1 Å². The lowest BCUT2D eigenvalue weighted by atomic mass is 10.2. The Morgan fingerprint density at radius 2 is 1.95 bits per heavy atom. The molecule has 0 heterocycles. The minimum absolute atomic E-state index is 0.0339. The minimum atomic E-state index is -0.702. The van der Waals surface area contributed by atoms with Crippen molar-refractivity contribution in [2.24, 2.45) is 0 Å². The summed E-state index contributed by atoms with van der Waals surface area (Å²) in [5.74, 6) is -1.56. The lowest BCUT2D eigenvalue weighted by Gasteiger charge is -2.10. The normalized spacial score (nSPS) is 10.2. The summed E-state index contributed by atoms with van der Waals surface area (Å²) in [7, 11) is 1.28. The number of methoxy groups -OCH3 is 1. The van der Waals surface area contributed by atoms with E-state index in [-0.39, 0.29) is 22.9 Å². The van der Waals surface area contributed by atoms with E-state index >= 15 is 0 Å². The highest BCUT2D eigenvalue weighted by Gasteiger charge is 2.19. The van der Waals surface area contributed by atoms with Gasteiger partial charge in [-0.05, 0) is 17.7 Å². The lowest BCUT2D eigenvalue weighted by molar-refractivity contribution is 0.0468. The Hall–Kier alpha value is -2.07. The fourth-order valence-corrected chi connectivity index (χ4v) is 1.93. The van der Waals surface area contributed by atoms with Crippen molar-refractivity contribution in [3.63, 3.8) is 0 Å². The Morgan fingerprint density at radius 3 is 2.60 bits per heavy atom. The van der Waals surface area contributed by atoms with Crippen LogP contribution in [0, 0.1) is 5.82 Å². The van der Waals surface area contributed by atoms with Crippen molar-refractivity contribution in [3.05, 3.63) is 64.4 Å². The van der Waals surface area contributed by atoms with Gasteiger partial charge in [-0.1, -0.05) is 41.9 Å². The number of hydrogen-bond acceptors (Lipinski definition) is 3. The highest BCUT2D eigenvalue weighted by Crippen LogP contribution is 2.27. The summed E-state index contributed by atoms with van der Waals surface area (Å²) in [6.45, 7) is 0.0942. The molecule has 0 spiro atoms. The molecule has 0 aliphatic carbocycles. The Bertz CT molecular complexity index is 614. The first-order valence-electron chi connectivity index (χ1n) is 5.86. The summed E-state index contributed by atoms with van der Waals surface area (Å²) in [5.41, 5.74) is 0.802. The molecule has 0 aliphatic rings. The van der Waals surface area contributed by atoms with E-state index in [1.807, 2.05) is 30.3 Å². The van der Waals surface area contributed by atoms with E-state index in [0.29, 0.717) is 0 Å². The highest BCUT2D eigenvalue weighted by molar-refractivity contribution is 6.31. The molecule has 0 saturated heterocycles. The van der Waals surface area contributed by atoms with Crippen LogP contribution in [0.1, 0.15) is 15.9 Å². The Kier molecular flexibility index (Phi) is 4.58. The fraction of sp³-hybridized carbons (Fsp3) is 0.133. The number of rotatable bonds is 4. The van der Waals surface area contributed by atoms with E-state index < -0.39 is 11.8 Å². The van der Waals surface area contributed by atoms with Crippen molar-refractivity contribution < 1.29 is 18.7 Å². The molecule has 20 heavy (non-hydrogen) atoms. The molecule has 0 unspecified atom stereocenters. The van der Waals surface area contributed by atoms with E-state index in [2.05, 4.69) is 0 Å². The zero-order chi connectivity index (χ0) is 14.5. The van der Waals surface area contributed by atoms with Crippen LogP contribution >= 0.6 is 11.6 Å². The SMILES string of the molecule is COc1c(F)cc(Cl)cc1C(=O)OCc1ccccc1. The van der Waals surface area contributed by atoms with Crippen LogP contribution in [0.4, 0.5) is 4.39 Å². The van der Waals surface area contributed by atoms with Crippen molar-refractivity contribution in [1.82, 2.24) is 0 Å². The van der Waals surface area contributed by atoms with Gasteiger partial charge in [0.1, 0.15) is 12.2 Å². The third-order valence-corrected chi connectivity index (χ3v) is 2.86. The molecule has 0 fully saturated rings. The van der Waals surface area contributed by atoms with Gasteiger partial charge >= 0.3 is 5.97 Å². The molecule has 2 aromatic carbocycles. The Balaban J connectivity index is 2.17. The lowest BCUT2D eigenvalue weighted by Crippen LogP contribution is -2.08. The molecule has 0 saturated carbocycles. The first-order chi connectivity index (χ1) is 9.61. The van der Waals surface area contributed by atoms with E-state index in [9.17, 15) is 9.18 Å². The quantitative estimate of drug-likeness (QED) is 0.804. The fourth-order valence-electron chi connectivity index (χ4n) is 1.72. The van der Waals surface area contributed by atoms with Crippen LogP contribution in [0.3, 0.4) is 0 Å². The van der Waals surface area contributed by atoms with Gasteiger partial charge in [0, 0.05) is 5.02 Å². The van der Waals surface area contributed by atoms with Crippen LogP contribution in [0.15, 0.2) is 42.5 Å². The van der Waals surface area contributed by atoms with Crippen molar-refractivity contribution in [2.45, 2.75) is 6.61 Å². The molecule has 5 heteroatoms. The van der Waals surface area contributed by atoms with Gasteiger partial charge in [-0.3, -0.25) is 0 Å². The highest BCUT2D eigenvalue weighted by atomic mass is 35.5. The molecule has 2 aromatic rings. The first kappa shape index (κ1) is 14.3. The van der Waals surface area contributed by atoms with Crippen LogP contribution in [0.25, 0.3) is 0 Å². The maximum Gasteiger partial charge on any atom is 0.342 e. The molecular weight excluding hydrogens is 283 g/mol. The van der Waals surface area contributed by atoms with Crippen LogP contribution in [0.2, 0.25) is 5.02 Å². The average Bonchev–Trinajstić information content (AvgIpc) is 2.45. The zero-order valence-corrected chi connectivity index (χ0v) is 11.5. The number of carbonyl (C=O) groups is 1. The van der Waals surface area contributed by atoms with Crippen molar-refractivity contribution >= 4 is 17.6 Å². The molecule has 3 nitrogen and oxygen atoms in total. The summed E-state index contributed by atoms with van der Waals surface area (Å²) < 4.78 is 23.6. The molecule has 0 amide bonds. The molecule has 0 radical (unpaired) electrons. The molecular formula is C15H12ClFO3. The van der Waals surface area contributed by atoms with Crippen molar-refractivity contribution in [1.29, 1.82) is 0 Å². The van der Waals surface area contributed by atoms with E-state index in [1.165, 1.54) is 13.2 Å². The van der Waals surface area contributed by atoms with Gasteiger partial charge in [-0.25, -0.2) is 9.18 Å². The van der Waals surface area contributed by atoms with Gasteiger partial charge in [-0.2, -0.15) is 0 Å². The summed E-state index contributed by atoms with van der Waals surface area (Å²) >= 11 is 5.74. The van der Waals surface area contributed by atoms with Gasteiger partial charge in [0.15, 0.2) is 11.6 Å². The first-order valence-corrected chi connectivity index (χ1v) is 6.23. The smallest absolute Gasteiger partial charge is 0.342 e. The van der Waals surface area contributed by atoms with Crippen LogP contribution < -0.4 is 4.74 Å². The molecule has 2 rings (SSSR count). The number of halogens is 2. The second-order valence-electron chi connectivity index (χ2n) is 4.03. The van der Waals surface area contributed by atoms with Crippen LogP contribution in [-0.4, -0.2) is 13.1 Å². The summed E-state index contributed by atoms with van der Waals surface area (Å²) in [5, 5.41) is 0.106.